The van der Waals surface area contributed by atoms with Crippen LogP contribution in [-0.4, -0.2) is 31.8 Å². The number of carbonyl (C=O) groups is 1. The van der Waals surface area contributed by atoms with Crippen molar-refractivity contribution in [3.05, 3.63) is 79.0 Å². The zero-order chi connectivity index (χ0) is 23.1. The number of aryl methyl sites for hydroxylation is 1. The lowest BCUT2D eigenvalue weighted by Gasteiger charge is -2.17. The average molecular weight is 451 g/mol. The highest BCUT2D eigenvalue weighted by atomic mass is 16.5. The molecule has 1 N–H and O–H groups in total. The van der Waals surface area contributed by atoms with Gasteiger partial charge in [0.2, 0.25) is 5.91 Å². The zero-order valence-corrected chi connectivity index (χ0v) is 18.6. The number of nitrogens with one attached hydrogen (secondary N) is 1. The molecule has 1 saturated heterocycles. The van der Waals surface area contributed by atoms with E-state index in [4.69, 9.17) is 4.74 Å². The van der Waals surface area contributed by atoms with Gasteiger partial charge in [-0.25, -0.2) is 15.0 Å². The molecule has 1 amide bonds. The van der Waals surface area contributed by atoms with Crippen molar-refractivity contribution in [3.8, 4) is 11.5 Å². The third kappa shape index (κ3) is 3.69. The summed E-state index contributed by atoms with van der Waals surface area (Å²) in [4.78, 5) is 27.2. The van der Waals surface area contributed by atoms with Crippen molar-refractivity contribution in [2.75, 3.05) is 16.8 Å². The van der Waals surface area contributed by atoms with Crippen LogP contribution in [0.1, 0.15) is 18.4 Å². The monoisotopic (exact) mass is 450 g/mol. The van der Waals surface area contributed by atoms with Crippen LogP contribution in [0, 0.1) is 6.92 Å². The molecule has 5 aromatic rings. The molecule has 1 aliphatic heterocycles. The van der Waals surface area contributed by atoms with Crippen LogP contribution in [-0.2, 0) is 4.79 Å². The molecule has 2 aromatic carbocycles. The molecule has 3 aromatic heterocycles. The van der Waals surface area contributed by atoms with Crippen LogP contribution in [0.25, 0.3) is 16.6 Å². The van der Waals surface area contributed by atoms with Gasteiger partial charge in [0.25, 0.3) is 0 Å². The number of rotatable bonds is 5. The number of carbonyl (C=O) groups excluding carboxylic acids is 1. The maximum Gasteiger partial charge on any atom is 0.227 e. The molecule has 0 atom stereocenters. The van der Waals surface area contributed by atoms with Crippen LogP contribution >= 0.6 is 0 Å². The highest BCUT2D eigenvalue weighted by Gasteiger charge is 2.22. The van der Waals surface area contributed by atoms with Crippen molar-refractivity contribution in [3.63, 3.8) is 0 Å². The molecule has 8 nitrogen and oxygen atoms in total. The van der Waals surface area contributed by atoms with Gasteiger partial charge >= 0.3 is 0 Å². The number of imidazole rings is 1. The highest BCUT2D eigenvalue weighted by Crippen LogP contribution is 2.32. The van der Waals surface area contributed by atoms with Crippen LogP contribution < -0.4 is 15.0 Å². The van der Waals surface area contributed by atoms with Crippen LogP contribution in [0.3, 0.4) is 0 Å². The fraction of sp³-hybridized carbons (Fsp3) is 0.154. The second-order valence-electron chi connectivity index (χ2n) is 8.34. The van der Waals surface area contributed by atoms with E-state index < -0.39 is 0 Å². The van der Waals surface area contributed by atoms with Gasteiger partial charge in [-0.1, -0.05) is 0 Å². The predicted molar refractivity (Wildman–Crippen MR) is 131 cm³/mol. The Hall–Kier alpha value is -4.46. The van der Waals surface area contributed by atoms with E-state index in [0.717, 1.165) is 58.0 Å². The normalized spacial score (nSPS) is 13.7. The summed E-state index contributed by atoms with van der Waals surface area (Å²) in [6.45, 7) is 2.75. The van der Waals surface area contributed by atoms with Gasteiger partial charge in [0, 0.05) is 54.4 Å². The summed E-state index contributed by atoms with van der Waals surface area (Å²) < 4.78 is 8.03. The van der Waals surface area contributed by atoms with E-state index in [1.54, 1.807) is 12.5 Å². The van der Waals surface area contributed by atoms with Crippen LogP contribution in [0.15, 0.2) is 73.4 Å². The van der Waals surface area contributed by atoms with Crippen LogP contribution in [0.5, 0.6) is 11.5 Å². The lowest BCUT2D eigenvalue weighted by atomic mass is 10.1. The summed E-state index contributed by atoms with van der Waals surface area (Å²) in [7, 11) is 0. The van der Waals surface area contributed by atoms with E-state index in [1.165, 1.54) is 0 Å². The third-order valence-electron chi connectivity index (χ3n) is 6.04. The summed E-state index contributed by atoms with van der Waals surface area (Å²) in [5.74, 6) is 2.34. The predicted octanol–water partition coefficient (Wildman–Crippen LogP) is 5.25. The Balaban J connectivity index is 1.27. The van der Waals surface area contributed by atoms with Gasteiger partial charge in [0.05, 0.1) is 5.52 Å². The standard InChI is InChI=1S/C26H22N6O2/c1-17-13-18(4-7-23(17)34-20-8-11-31-12-9-27-24(31)15-20)30-26-21-14-19(32-10-2-3-25(32)33)5-6-22(21)28-16-29-26/h4-9,11-16H,2-3,10H2,1H3,(H,28,29,30). The fourth-order valence-electron chi connectivity index (χ4n) is 4.29. The van der Waals surface area contributed by atoms with Gasteiger partial charge < -0.3 is 19.4 Å². The van der Waals surface area contributed by atoms with Gasteiger partial charge in [0.15, 0.2) is 0 Å². The van der Waals surface area contributed by atoms with Crippen molar-refractivity contribution in [1.29, 1.82) is 0 Å². The molecule has 8 heteroatoms. The topological polar surface area (TPSA) is 84.7 Å². The minimum atomic E-state index is 0.156. The molecule has 0 bridgehead atoms. The largest absolute Gasteiger partial charge is 0.457 e. The maximum atomic E-state index is 12.2. The number of nitrogens with zero attached hydrogens (tertiary/aromatic N) is 5. The summed E-state index contributed by atoms with van der Waals surface area (Å²) in [6.07, 6.45) is 8.60. The molecule has 168 valence electrons. The van der Waals surface area contributed by atoms with Gasteiger partial charge in [0.1, 0.15) is 29.3 Å². The average Bonchev–Trinajstić information content (AvgIpc) is 3.49. The Morgan fingerprint density at radius 2 is 1.94 bits per heavy atom. The van der Waals surface area contributed by atoms with E-state index in [1.807, 2.05) is 77.1 Å². The Kier molecular flexibility index (Phi) is 4.83. The molecule has 0 radical (unpaired) electrons. The van der Waals surface area contributed by atoms with E-state index in [-0.39, 0.29) is 5.91 Å². The quantitative estimate of drug-likeness (QED) is 0.394. The summed E-state index contributed by atoms with van der Waals surface area (Å²) >= 11 is 0. The lowest BCUT2D eigenvalue weighted by Crippen LogP contribution is -2.23. The van der Waals surface area contributed by atoms with E-state index in [9.17, 15) is 4.79 Å². The first-order chi connectivity index (χ1) is 16.6. The first-order valence-electron chi connectivity index (χ1n) is 11.2. The van der Waals surface area contributed by atoms with Crippen molar-refractivity contribution in [2.45, 2.75) is 19.8 Å². The molecular weight excluding hydrogens is 428 g/mol. The molecule has 0 saturated carbocycles. The van der Waals surface area contributed by atoms with Gasteiger partial charge in [-0.3, -0.25) is 4.79 Å². The minimum absolute atomic E-state index is 0.156. The number of hydrogen-bond donors (Lipinski definition) is 1. The van der Waals surface area contributed by atoms with Crippen molar-refractivity contribution in [1.82, 2.24) is 19.4 Å². The smallest absolute Gasteiger partial charge is 0.227 e. The van der Waals surface area contributed by atoms with Crippen molar-refractivity contribution >= 4 is 39.6 Å². The molecule has 4 heterocycles. The van der Waals surface area contributed by atoms with E-state index in [2.05, 4.69) is 20.3 Å². The molecule has 0 spiro atoms. The number of fused-ring (bicyclic) bond motifs is 2. The number of aromatic nitrogens is 4. The number of ether oxygens (including phenoxy) is 1. The third-order valence-corrected chi connectivity index (χ3v) is 6.04. The summed E-state index contributed by atoms with van der Waals surface area (Å²) in [6, 6.07) is 15.6. The van der Waals surface area contributed by atoms with Gasteiger partial charge in [-0.2, -0.15) is 0 Å². The number of hydrogen-bond acceptors (Lipinski definition) is 6. The Morgan fingerprint density at radius 1 is 1.00 bits per heavy atom. The first-order valence-corrected chi connectivity index (χ1v) is 11.2. The number of amides is 1. The molecule has 0 aliphatic carbocycles. The summed E-state index contributed by atoms with van der Waals surface area (Å²) in [5, 5.41) is 4.27. The van der Waals surface area contributed by atoms with Crippen LogP contribution in [0.2, 0.25) is 0 Å². The van der Waals surface area contributed by atoms with Gasteiger partial charge in [-0.15, -0.1) is 0 Å². The first kappa shape index (κ1) is 20.2. The Bertz CT molecular complexity index is 1540. The minimum Gasteiger partial charge on any atom is -0.457 e. The lowest BCUT2D eigenvalue weighted by molar-refractivity contribution is -0.117. The fourth-order valence-corrected chi connectivity index (χ4v) is 4.29. The van der Waals surface area contributed by atoms with E-state index >= 15 is 0 Å². The second kappa shape index (κ2) is 8.15. The molecule has 1 aliphatic rings. The second-order valence-corrected chi connectivity index (χ2v) is 8.34. The van der Waals surface area contributed by atoms with Crippen LogP contribution in [0.4, 0.5) is 17.2 Å². The summed E-state index contributed by atoms with van der Waals surface area (Å²) in [5.41, 5.74) is 4.39. The maximum absolute atomic E-state index is 12.2. The van der Waals surface area contributed by atoms with Crippen molar-refractivity contribution in [2.24, 2.45) is 0 Å². The van der Waals surface area contributed by atoms with Gasteiger partial charge in [-0.05, 0) is 61.4 Å². The SMILES string of the molecule is Cc1cc(Nc2ncnc3ccc(N4CCCC4=O)cc23)ccc1Oc1ccn2ccnc2c1. The molecule has 34 heavy (non-hydrogen) atoms. The Morgan fingerprint density at radius 3 is 2.79 bits per heavy atom. The molecular formula is C26H22N6O2. The number of benzene rings is 2. The molecule has 1 fully saturated rings. The van der Waals surface area contributed by atoms with E-state index in [0.29, 0.717) is 12.2 Å². The number of pyridine rings is 1. The Labute approximate surface area is 195 Å². The van der Waals surface area contributed by atoms with Crippen molar-refractivity contribution < 1.29 is 9.53 Å². The molecule has 0 unspecified atom stereocenters. The highest BCUT2D eigenvalue weighted by molar-refractivity contribution is 5.99. The zero-order valence-electron chi connectivity index (χ0n) is 18.6. The number of anilines is 3. The molecule has 6 rings (SSSR count).